The van der Waals surface area contributed by atoms with Gasteiger partial charge in [0.25, 0.3) is 0 Å². The van der Waals surface area contributed by atoms with Crippen molar-refractivity contribution in [3.8, 4) is 5.75 Å². The summed E-state index contributed by atoms with van der Waals surface area (Å²) in [5.41, 5.74) is 3.17. The average molecular weight is 380 g/mol. The molecule has 2 aromatic carbocycles. The number of anilines is 1. The Morgan fingerprint density at radius 3 is 2.64 bits per heavy atom. The summed E-state index contributed by atoms with van der Waals surface area (Å²) in [6.45, 7) is 4.20. The third-order valence-corrected chi connectivity index (χ3v) is 5.64. The molecular weight excluding hydrogens is 350 g/mol. The third-order valence-electron chi connectivity index (χ3n) is 5.64. The van der Waals surface area contributed by atoms with Crippen molar-refractivity contribution in [3.63, 3.8) is 0 Å². The standard InChI is InChI=1S/C23H29N3O2/c27-23(25-21-13-17-28-22-7-3-2-6-20(21)22)24-19-10-8-18(9-11-19)12-16-26-14-4-1-5-15-26/h2-3,6-11,21H,1,4-5,12-17H2,(H2,24,25,27)/t21-/m1/s1. The van der Waals surface area contributed by atoms with Gasteiger partial charge in [0.15, 0.2) is 0 Å². The second-order valence-corrected chi connectivity index (χ2v) is 7.68. The first-order valence-electron chi connectivity index (χ1n) is 10.4. The second kappa shape index (κ2) is 9.11. The Bertz CT molecular complexity index is 785. The van der Waals surface area contributed by atoms with Gasteiger partial charge in [0, 0.05) is 24.2 Å². The van der Waals surface area contributed by atoms with Gasteiger partial charge < -0.3 is 20.3 Å². The zero-order valence-corrected chi connectivity index (χ0v) is 16.3. The molecule has 28 heavy (non-hydrogen) atoms. The van der Waals surface area contributed by atoms with Gasteiger partial charge in [-0.15, -0.1) is 0 Å². The van der Waals surface area contributed by atoms with Crippen LogP contribution in [0, 0.1) is 0 Å². The van der Waals surface area contributed by atoms with Crippen LogP contribution in [0.2, 0.25) is 0 Å². The molecule has 2 N–H and O–H groups in total. The molecule has 0 aromatic heterocycles. The highest BCUT2D eigenvalue weighted by Gasteiger charge is 2.22. The number of benzene rings is 2. The molecule has 0 radical (unpaired) electrons. The lowest BCUT2D eigenvalue weighted by Crippen LogP contribution is -2.35. The fourth-order valence-electron chi connectivity index (χ4n) is 4.04. The number of carbonyl (C=O) groups excluding carboxylic acids is 1. The average Bonchev–Trinajstić information content (AvgIpc) is 2.74. The molecule has 0 unspecified atom stereocenters. The number of nitrogens with zero attached hydrogens (tertiary/aromatic N) is 1. The quantitative estimate of drug-likeness (QED) is 0.812. The highest BCUT2D eigenvalue weighted by atomic mass is 16.5. The molecule has 1 fully saturated rings. The Balaban J connectivity index is 1.28. The number of hydrogen-bond acceptors (Lipinski definition) is 3. The van der Waals surface area contributed by atoms with Gasteiger partial charge in [-0.05, 0) is 56.1 Å². The molecular formula is C23H29N3O2. The molecule has 1 saturated heterocycles. The zero-order valence-electron chi connectivity index (χ0n) is 16.3. The maximum absolute atomic E-state index is 12.4. The molecule has 2 amide bonds. The number of carbonyl (C=O) groups is 1. The van der Waals surface area contributed by atoms with E-state index in [1.165, 1.54) is 37.9 Å². The molecule has 5 heteroatoms. The minimum absolute atomic E-state index is 0.0197. The predicted molar refractivity (Wildman–Crippen MR) is 112 cm³/mol. The fourth-order valence-corrected chi connectivity index (χ4v) is 4.04. The normalized spacial score (nSPS) is 19.4. The predicted octanol–water partition coefficient (Wildman–Crippen LogP) is 4.36. The summed E-state index contributed by atoms with van der Waals surface area (Å²) in [4.78, 5) is 15.0. The maximum atomic E-state index is 12.4. The number of piperidine rings is 1. The first-order valence-corrected chi connectivity index (χ1v) is 10.4. The van der Waals surface area contributed by atoms with Crippen molar-refractivity contribution in [2.75, 3.05) is 31.6 Å². The third kappa shape index (κ3) is 4.84. The van der Waals surface area contributed by atoms with Gasteiger partial charge in [0.05, 0.1) is 12.6 Å². The van der Waals surface area contributed by atoms with Crippen LogP contribution in [0.3, 0.4) is 0 Å². The van der Waals surface area contributed by atoms with Crippen LogP contribution in [-0.4, -0.2) is 37.2 Å². The molecule has 5 nitrogen and oxygen atoms in total. The molecule has 148 valence electrons. The second-order valence-electron chi connectivity index (χ2n) is 7.68. The lowest BCUT2D eigenvalue weighted by Gasteiger charge is -2.26. The molecule has 2 aromatic rings. The van der Waals surface area contributed by atoms with Crippen molar-refractivity contribution in [1.82, 2.24) is 10.2 Å². The number of likely N-dealkylation sites (tertiary alicyclic amines) is 1. The molecule has 2 aliphatic heterocycles. The number of rotatable bonds is 5. The number of urea groups is 1. The van der Waals surface area contributed by atoms with E-state index in [2.05, 4.69) is 27.7 Å². The van der Waals surface area contributed by atoms with Crippen LogP contribution in [0.4, 0.5) is 10.5 Å². The summed E-state index contributed by atoms with van der Waals surface area (Å²) in [7, 11) is 0. The van der Waals surface area contributed by atoms with Crippen LogP contribution in [0.25, 0.3) is 0 Å². The van der Waals surface area contributed by atoms with Crippen LogP contribution >= 0.6 is 0 Å². The van der Waals surface area contributed by atoms with Crippen LogP contribution < -0.4 is 15.4 Å². The topological polar surface area (TPSA) is 53.6 Å². The lowest BCUT2D eigenvalue weighted by molar-refractivity contribution is 0.231. The SMILES string of the molecule is O=C(Nc1ccc(CCN2CCCCC2)cc1)N[C@@H]1CCOc2ccccc21. The van der Waals surface area contributed by atoms with Crippen LogP contribution in [0.1, 0.15) is 42.9 Å². The highest BCUT2D eigenvalue weighted by molar-refractivity contribution is 5.89. The van der Waals surface area contributed by atoms with E-state index in [-0.39, 0.29) is 12.1 Å². The molecule has 2 heterocycles. The Morgan fingerprint density at radius 2 is 1.82 bits per heavy atom. The molecule has 0 spiro atoms. The maximum Gasteiger partial charge on any atom is 0.319 e. The number of fused-ring (bicyclic) bond motifs is 1. The van der Waals surface area contributed by atoms with Gasteiger partial charge in [-0.1, -0.05) is 36.8 Å². The first kappa shape index (κ1) is 18.8. The number of ether oxygens (including phenoxy) is 1. The van der Waals surface area contributed by atoms with Crippen molar-refractivity contribution in [2.45, 2.75) is 38.1 Å². The van der Waals surface area contributed by atoms with E-state index < -0.39 is 0 Å². The van der Waals surface area contributed by atoms with E-state index in [1.54, 1.807) is 0 Å². The van der Waals surface area contributed by atoms with Crippen LogP contribution in [-0.2, 0) is 6.42 Å². The monoisotopic (exact) mass is 379 g/mol. The van der Waals surface area contributed by atoms with E-state index in [0.29, 0.717) is 6.61 Å². The van der Waals surface area contributed by atoms with Crippen molar-refractivity contribution in [3.05, 3.63) is 59.7 Å². The Hall–Kier alpha value is -2.53. The van der Waals surface area contributed by atoms with E-state index in [0.717, 1.165) is 36.4 Å². The van der Waals surface area contributed by atoms with Crippen molar-refractivity contribution >= 4 is 11.7 Å². The lowest BCUT2D eigenvalue weighted by atomic mass is 10.0. The van der Waals surface area contributed by atoms with Gasteiger partial charge in [-0.3, -0.25) is 0 Å². The van der Waals surface area contributed by atoms with Gasteiger partial charge in [-0.25, -0.2) is 4.79 Å². The van der Waals surface area contributed by atoms with E-state index in [9.17, 15) is 4.79 Å². The molecule has 1 atom stereocenters. The first-order chi connectivity index (χ1) is 13.8. The van der Waals surface area contributed by atoms with Crippen LogP contribution in [0.15, 0.2) is 48.5 Å². The van der Waals surface area contributed by atoms with Crippen molar-refractivity contribution < 1.29 is 9.53 Å². The summed E-state index contributed by atoms with van der Waals surface area (Å²) < 4.78 is 5.66. The van der Waals surface area contributed by atoms with Crippen LogP contribution in [0.5, 0.6) is 5.75 Å². The van der Waals surface area contributed by atoms with Gasteiger partial charge in [0.2, 0.25) is 0 Å². The van der Waals surface area contributed by atoms with Gasteiger partial charge in [0.1, 0.15) is 5.75 Å². The van der Waals surface area contributed by atoms with E-state index in [4.69, 9.17) is 4.74 Å². The number of para-hydroxylation sites is 1. The van der Waals surface area contributed by atoms with Gasteiger partial charge in [-0.2, -0.15) is 0 Å². The molecule has 2 aliphatic rings. The minimum atomic E-state index is -0.178. The highest BCUT2D eigenvalue weighted by Crippen LogP contribution is 2.31. The summed E-state index contributed by atoms with van der Waals surface area (Å²) in [5, 5.41) is 6.02. The molecule has 0 aliphatic carbocycles. The Morgan fingerprint density at radius 1 is 1.04 bits per heavy atom. The van der Waals surface area contributed by atoms with Crippen molar-refractivity contribution in [2.24, 2.45) is 0 Å². The Labute approximate surface area is 167 Å². The number of hydrogen-bond donors (Lipinski definition) is 2. The number of nitrogens with one attached hydrogen (secondary N) is 2. The van der Waals surface area contributed by atoms with Gasteiger partial charge >= 0.3 is 6.03 Å². The fraction of sp³-hybridized carbons (Fsp3) is 0.435. The molecule has 0 saturated carbocycles. The smallest absolute Gasteiger partial charge is 0.319 e. The van der Waals surface area contributed by atoms with Crippen molar-refractivity contribution in [1.29, 1.82) is 0 Å². The largest absolute Gasteiger partial charge is 0.493 e. The zero-order chi connectivity index (χ0) is 19.2. The Kier molecular flexibility index (Phi) is 6.12. The summed E-state index contributed by atoms with van der Waals surface area (Å²) >= 11 is 0. The van der Waals surface area contributed by atoms with E-state index in [1.807, 2.05) is 36.4 Å². The molecule has 0 bridgehead atoms. The number of amides is 2. The molecule has 4 rings (SSSR count). The van der Waals surface area contributed by atoms with E-state index >= 15 is 0 Å². The summed E-state index contributed by atoms with van der Waals surface area (Å²) in [6, 6.07) is 15.9. The minimum Gasteiger partial charge on any atom is -0.493 e. The summed E-state index contributed by atoms with van der Waals surface area (Å²) in [5.74, 6) is 0.858. The summed E-state index contributed by atoms with van der Waals surface area (Å²) in [6.07, 6.45) is 5.87.